The van der Waals surface area contributed by atoms with Crippen LogP contribution in [0.5, 0.6) is 0 Å². The summed E-state index contributed by atoms with van der Waals surface area (Å²) in [6.45, 7) is 2.12. The number of aromatic amines is 1. The van der Waals surface area contributed by atoms with Crippen molar-refractivity contribution < 1.29 is 8.42 Å². The summed E-state index contributed by atoms with van der Waals surface area (Å²) in [7, 11) is -3.41. The fourth-order valence-corrected chi connectivity index (χ4v) is 5.58. The van der Waals surface area contributed by atoms with Crippen LogP contribution in [0.3, 0.4) is 0 Å². The van der Waals surface area contributed by atoms with E-state index in [1.54, 1.807) is 35.7 Å². The van der Waals surface area contributed by atoms with Crippen molar-refractivity contribution in [3.8, 4) is 9.75 Å². The van der Waals surface area contributed by atoms with E-state index in [0.717, 1.165) is 16.2 Å². The Balaban J connectivity index is 1.98. The van der Waals surface area contributed by atoms with Crippen molar-refractivity contribution in [2.24, 2.45) is 0 Å². The number of hydrogen-bond acceptors (Lipinski definition) is 4. The topological polar surface area (TPSA) is 49.9 Å². The fourth-order valence-electron chi connectivity index (χ4n) is 1.89. The second kappa shape index (κ2) is 5.20. The summed E-state index contributed by atoms with van der Waals surface area (Å²) in [5, 5.41) is 0.242. The van der Waals surface area contributed by atoms with Gasteiger partial charge in [0.25, 0.3) is 0 Å². The zero-order chi connectivity index (χ0) is 14.2. The maximum absolute atomic E-state index is 12.4. The number of rotatable bonds is 4. The van der Waals surface area contributed by atoms with Gasteiger partial charge in [-0.2, -0.15) is 0 Å². The third-order valence-electron chi connectivity index (χ3n) is 2.96. The van der Waals surface area contributed by atoms with Gasteiger partial charge in [-0.25, -0.2) is 8.42 Å². The van der Waals surface area contributed by atoms with Crippen LogP contribution in [0.2, 0.25) is 0 Å². The van der Waals surface area contributed by atoms with Crippen LogP contribution in [0.1, 0.15) is 11.8 Å². The highest BCUT2D eigenvalue weighted by Gasteiger charge is 2.21. The molecule has 6 heteroatoms. The third-order valence-corrected chi connectivity index (χ3v) is 7.67. The van der Waals surface area contributed by atoms with Crippen LogP contribution in [0.15, 0.2) is 51.8 Å². The highest BCUT2D eigenvalue weighted by atomic mass is 32.2. The number of hydrogen-bond donors (Lipinski definition) is 1. The van der Waals surface area contributed by atoms with Gasteiger partial charge in [0, 0.05) is 20.8 Å². The first-order valence-corrected chi connectivity index (χ1v) is 9.30. The van der Waals surface area contributed by atoms with Gasteiger partial charge in [-0.1, -0.05) is 6.92 Å². The SMILES string of the molecule is CCc1ccc(-c2ccc(S(=O)(=O)c3ccc[nH]3)s2)s1. The second-order valence-electron chi connectivity index (χ2n) is 4.28. The lowest BCUT2D eigenvalue weighted by atomic mass is 10.3. The van der Waals surface area contributed by atoms with Crippen molar-refractivity contribution in [3.05, 3.63) is 47.5 Å². The van der Waals surface area contributed by atoms with E-state index in [-0.39, 0.29) is 5.03 Å². The van der Waals surface area contributed by atoms with Crippen LogP contribution in [0, 0.1) is 0 Å². The van der Waals surface area contributed by atoms with Crippen molar-refractivity contribution in [2.75, 3.05) is 0 Å². The van der Waals surface area contributed by atoms with E-state index < -0.39 is 9.84 Å². The Bertz CT molecular complexity index is 810. The zero-order valence-electron chi connectivity index (χ0n) is 10.8. The molecule has 20 heavy (non-hydrogen) atoms. The molecule has 0 saturated carbocycles. The molecule has 0 aliphatic heterocycles. The minimum absolute atomic E-state index is 0.242. The van der Waals surface area contributed by atoms with Crippen LogP contribution in [-0.2, 0) is 16.3 Å². The van der Waals surface area contributed by atoms with Gasteiger partial charge in [-0.05, 0) is 42.8 Å². The summed E-state index contributed by atoms with van der Waals surface area (Å²) in [5.74, 6) is 0. The van der Waals surface area contributed by atoms with Gasteiger partial charge in [-0.3, -0.25) is 0 Å². The molecular formula is C14H13NO2S3. The zero-order valence-corrected chi connectivity index (χ0v) is 13.2. The quantitative estimate of drug-likeness (QED) is 0.782. The average Bonchev–Trinajstić information content (AvgIpc) is 3.18. The minimum Gasteiger partial charge on any atom is -0.352 e. The Morgan fingerprint density at radius 2 is 1.80 bits per heavy atom. The predicted molar refractivity (Wildman–Crippen MR) is 83.3 cm³/mol. The number of thiophene rings is 2. The Morgan fingerprint density at radius 3 is 2.45 bits per heavy atom. The van der Waals surface area contributed by atoms with E-state index >= 15 is 0 Å². The summed E-state index contributed by atoms with van der Waals surface area (Å²) in [6.07, 6.45) is 2.62. The summed E-state index contributed by atoms with van der Waals surface area (Å²) in [4.78, 5) is 6.19. The Kier molecular flexibility index (Phi) is 3.54. The molecule has 104 valence electrons. The Labute approximate surface area is 125 Å². The summed E-state index contributed by atoms with van der Waals surface area (Å²) in [6, 6.07) is 11.0. The maximum atomic E-state index is 12.4. The highest BCUT2D eigenvalue weighted by Crippen LogP contribution is 2.36. The van der Waals surface area contributed by atoms with Crippen LogP contribution in [0.25, 0.3) is 9.75 Å². The smallest absolute Gasteiger partial charge is 0.231 e. The van der Waals surface area contributed by atoms with Crippen LogP contribution >= 0.6 is 22.7 Å². The van der Waals surface area contributed by atoms with Crippen molar-refractivity contribution in [1.82, 2.24) is 4.98 Å². The van der Waals surface area contributed by atoms with Gasteiger partial charge in [0.1, 0.15) is 9.24 Å². The first-order chi connectivity index (χ1) is 9.61. The monoisotopic (exact) mass is 323 g/mol. The lowest BCUT2D eigenvalue weighted by Crippen LogP contribution is -1.99. The van der Waals surface area contributed by atoms with Crippen molar-refractivity contribution in [3.63, 3.8) is 0 Å². The molecule has 0 fully saturated rings. The van der Waals surface area contributed by atoms with E-state index in [0.29, 0.717) is 4.21 Å². The van der Waals surface area contributed by atoms with Gasteiger partial charge in [-0.15, -0.1) is 22.7 Å². The molecule has 1 N–H and O–H groups in total. The molecule has 3 heterocycles. The van der Waals surface area contributed by atoms with Crippen LogP contribution in [0.4, 0.5) is 0 Å². The van der Waals surface area contributed by atoms with Gasteiger partial charge >= 0.3 is 0 Å². The predicted octanol–water partition coefficient (Wildman–Crippen LogP) is 4.20. The number of H-pyrrole nitrogens is 1. The molecule has 0 aromatic carbocycles. The number of aryl methyl sites for hydroxylation is 1. The van der Waals surface area contributed by atoms with Gasteiger partial charge in [0.2, 0.25) is 9.84 Å². The van der Waals surface area contributed by atoms with Gasteiger partial charge < -0.3 is 4.98 Å². The number of sulfone groups is 1. The molecule has 0 bridgehead atoms. The van der Waals surface area contributed by atoms with Crippen molar-refractivity contribution in [1.29, 1.82) is 0 Å². The van der Waals surface area contributed by atoms with Crippen LogP contribution in [-0.4, -0.2) is 13.4 Å². The Hall–Kier alpha value is -1.37. The molecule has 0 radical (unpaired) electrons. The summed E-state index contributed by atoms with van der Waals surface area (Å²) >= 11 is 3.03. The number of nitrogens with one attached hydrogen (secondary N) is 1. The fraction of sp³-hybridized carbons (Fsp3) is 0.143. The summed E-state index contributed by atoms with van der Waals surface area (Å²) < 4.78 is 25.1. The second-order valence-corrected chi connectivity index (χ2v) is 8.67. The molecule has 0 saturated heterocycles. The maximum Gasteiger partial charge on any atom is 0.231 e. The molecule has 0 aliphatic rings. The largest absolute Gasteiger partial charge is 0.352 e. The lowest BCUT2D eigenvalue weighted by Gasteiger charge is -1.97. The van der Waals surface area contributed by atoms with E-state index in [1.807, 2.05) is 6.07 Å². The molecule has 3 nitrogen and oxygen atoms in total. The Morgan fingerprint density at radius 1 is 1.05 bits per heavy atom. The van der Waals surface area contributed by atoms with Crippen molar-refractivity contribution >= 4 is 32.5 Å². The van der Waals surface area contributed by atoms with Gasteiger partial charge in [0.05, 0.1) is 0 Å². The molecule has 0 atom stereocenters. The molecule has 3 aromatic rings. The molecule has 0 aliphatic carbocycles. The number of aromatic nitrogens is 1. The molecule has 0 unspecified atom stereocenters. The van der Waals surface area contributed by atoms with E-state index in [9.17, 15) is 8.42 Å². The first kappa shape index (κ1) is 13.6. The van der Waals surface area contributed by atoms with Crippen LogP contribution < -0.4 is 0 Å². The molecule has 0 spiro atoms. The molecule has 3 rings (SSSR count). The molecule has 3 aromatic heterocycles. The first-order valence-electron chi connectivity index (χ1n) is 6.18. The highest BCUT2D eigenvalue weighted by molar-refractivity contribution is 7.93. The van der Waals surface area contributed by atoms with E-state index in [4.69, 9.17) is 0 Å². The summed E-state index contributed by atoms with van der Waals surface area (Å²) in [5.41, 5.74) is 0. The lowest BCUT2D eigenvalue weighted by molar-refractivity contribution is 0.595. The van der Waals surface area contributed by atoms with Crippen molar-refractivity contribution in [2.45, 2.75) is 22.6 Å². The molecular weight excluding hydrogens is 310 g/mol. The third kappa shape index (κ3) is 2.34. The van der Waals surface area contributed by atoms with E-state index in [1.165, 1.54) is 16.2 Å². The normalized spacial score (nSPS) is 11.8. The average molecular weight is 323 g/mol. The standard InChI is InChI=1S/C14H13NO2S3/c1-2-10-5-6-11(18-10)12-7-8-14(19-12)20(16,17)13-4-3-9-15-13/h3-9,15H,2H2,1H3. The van der Waals surface area contributed by atoms with Gasteiger partial charge in [0.15, 0.2) is 0 Å². The minimum atomic E-state index is -3.41. The molecule has 0 amide bonds. The van der Waals surface area contributed by atoms with E-state index in [2.05, 4.69) is 24.0 Å².